The molecule has 1 aromatic heterocycles. The molecule has 1 atom stereocenters. The van der Waals surface area contributed by atoms with Gasteiger partial charge in [0.1, 0.15) is 0 Å². The smallest absolute Gasteiger partial charge is 0.328 e. The Balaban J connectivity index is 0.000000226. The van der Waals surface area contributed by atoms with Crippen molar-refractivity contribution in [2.75, 3.05) is 20.1 Å². The van der Waals surface area contributed by atoms with Crippen LogP contribution in [0.5, 0.6) is 0 Å². The molecule has 142 valence electrons. The van der Waals surface area contributed by atoms with Crippen LogP contribution in [0.4, 0.5) is 0 Å². The van der Waals surface area contributed by atoms with E-state index in [9.17, 15) is 9.59 Å². The number of fused-ring (bicyclic) bond motifs is 3. The highest BCUT2D eigenvalue weighted by molar-refractivity contribution is 7.12. The van der Waals surface area contributed by atoms with Crippen LogP contribution < -0.4 is 0 Å². The van der Waals surface area contributed by atoms with Crippen LogP contribution in [0.15, 0.2) is 36.4 Å². The van der Waals surface area contributed by atoms with E-state index in [0.717, 1.165) is 12.3 Å². The molecule has 0 saturated carbocycles. The molecule has 2 aromatic rings. The molecule has 2 aliphatic rings. The van der Waals surface area contributed by atoms with Crippen LogP contribution >= 0.6 is 11.3 Å². The Morgan fingerprint density at radius 2 is 1.96 bits per heavy atom. The number of aliphatic carboxylic acids is 2. The van der Waals surface area contributed by atoms with Gasteiger partial charge >= 0.3 is 11.9 Å². The first-order valence-corrected chi connectivity index (χ1v) is 9.63. The molecule has 1 fully saturated rings. The summed E-state index contributed by atoms with van der Waals surface area (Å²) in [6.45, 7) is 2.49. The van der Waals surface area contributed by atoms with Crippen LogP contribution in [-0.4, -0.2) is 52.2 Å². The summed E-state index contributed by atoms with van der Waals surface area (Å²) in [5, 5.41) is 17.0. The van der Waals surface area contributed by atoms with Gasteiger partial charge in [-0.3, -0.25) is 0 Å². The molecular weight excluding hydrogens is 364 g/mol. The van der Waals surface area contributed by atoms with Crippen molar-refractivity contribution in [3.05, 3.63) is 51.9 Å². The molecule has 2 heterocycles. The summed E-state index contributed by atoms with van der Waals surface area (Å²) in [4.78, 5) is 27.9. The zero-order valence-electron chi connectivity index (χ0n) is 15.1. The van der Waals surface area contributed by atoms with Crippen molar-refractivity contribution in [1.29, 1.82) is 0 Å². The first kappa shape index (κ1) is 19.3. The summed E-state index contributed by atoms with van der Waals surface area (Å²) < 4.78 is 0. The van der Waals surface area contributed by atoms with Crippen molar-refractivity contribution in [3.63, 3.8) is 0 Å². The lowest BCUT2D eigenvalue weighted by atomic mass is 10.1. The fourth-order valence-corrected chi connectivity index (χ4v) is 4.70. The first-order valence-electron chi connectivity index (χ1n) is 8.81. The first-order chi connectivity index (χ1) is 12.9. The van der Waals surface area contributed by atoms with Crippen molar-refractivity contribution in [3.8, 4) is 11.3 Å². The molecule has 1 aliphatic heterocycles. The molecule has 1 aromatic carbocycles. The summed E-state index contributed by atoms with van der Waals surface area (Å²) in [6, 6.07) is 8.70. The second-order valence-corrected chi connectivity index (χ2v) is 8.01. The van der Waals surface area contributed by atoms with Gasteiger partial charge in [-0.25, -0.2) is 14.6 Å². The van der Waals surface area contributed by atoms with E-state index in [2.05, 4.69) is 36.2 Å². The Labute approximate surface area is 161 Å². The standard InChI is InChI=1S/C16H18N2S.C4H4O4/c1-18-7-6-11(10-18)8-15-17-16-13-5-3-2-4-12(13)9-14(16)19-15;5-3(6)1-2-4(7)8/h2-5,11H,6-10H2,1H3;1-2H,(H,5,6)(H,7,8). The van der Waals surface area contributed by atoms with Crippen molar-refractivity contribution in [2.45, 2.75) is 19.3 Å². The largest absolute Gasteiger partial charge is 0.478 e. The summed E-state index contributed by atoms with van der Waals surface area (Å²) in [5.74, 6) is -1.70. The van der Waals surface area contributed by atoms with Gasteiger partial charge < -0.3 is 15.1 Å². The number of carbonyl (C=O) groups is 2. The third kappa shape index (κ3) is 5.02. The molecular formula is C20H22N2O4S. The molecule has 4 rings (SSSR count). The summed E-state index contributed by atoms with van der Waals surface area (Å²) in [5.41, 5.74) is 4.08. The SMILES string of the molecule is CN1CCC(Cc2nc3c(s2)Cc2ccccc2-3)C1.O=C(O)C=CC(=O)O. The number of likely N-dealkylation sites (tertiary alicyclic amines) is 1. The molecule has 0 radical (unpaired) electrons. The average molecular weight is 386 g/mol. The number of aromatic nitrogens is 1. The maximum atomic E-state index is 9.55. The topological polar surface area (TPSA) is 90.7 Å². The van der Waals surface area contributed by atoms with Crippen LogP contribution in [0.25, 0.3) is 11.3 Å². The van der Waals surface area contributed by atoms with Crippen LogP contribution in [0, 0.1) is 5.92 Å². The summed E-state index contributed by atoms with van der Waals surface area (Å²) >= 11 is 1.94. The normalized spacial score (nSPS) is 18.0. The Morgan fingerprint density at radius 3 is 2.59 bits per heavy atom. The number of benzene rings is 1. The number of carboxylic acid groups (broad SMARTS) is 2. The van der Waals surface area contributed by atoms with E-state index in [0.29, 0.717) is 12.2 Å². The molecule has 1 unspecified atom stereocenters. The minimum absolute atomic E-state index is 0.558. The van der Waals surface area contributed by atoms with Gasteiger partial charge in [-0.2, -0.15) is 0 Å². The minimum atomic E-state index is -1.26. The van der Waals surface area contributed by atoms with Crippen molar-refractivity contribution in [1.82, 2.24) is 9.88 Å². The third-order valence-electron chi connectivity index (χ3n) is 4.69. The lowest BCUT2D eigenvalue weighted by Gasteiger charge is -2.08. The lowest BCUT2D eigenvalue weighted by molar-refractivity contribution is -0.134. The average Bonchev–Trinajstić information content (AvgIpc) is 3.28. The van der Waals surface area contributed by atoms with Crippen LogP contribution in [0.1, 0.15) is 21.9 Å². The van der Waals surface area contributed by atoms with Crippen LogP contribution in [0.2, 0.25) is 0 Å². The molecule has 1 aliphatic carbocycles. The number of carboxylic acids is 2. The van der Waals surface area contributed by atoms with Gasteiger partial charge in [0.2, 0.25) is 0 Å². The number of thiazole rings is 1. The fraction of sp³-hybridized carbons (Fsp3) is 0.350. The number of hydrogen-bond acceptors (Lipinski definition) is 5. The Kier molecular flexibility index (Phi) is 6.03. The van der Waals surface area contributed by atoms with E-state index in [1.54, 1.807) is 0 Å². The number of nitrogens with zero attached hydrogens (tertiary/aromatic N) is 2. The molecule has 0 bridgehead atoms. The lowest BCUT2D eigenvalue weighted by Crippen LogP contribution is -2.14. The molecule has 0 spiro atoms. The highest BCUT2D eigenvalue weighted by Crippen LogP contribution is 2.39. The molecule has 6 nitrogen and oxygen atoms in total. The third-order valence-corrected chi connectivity index (χ3v) is 5.76. The van der Waals surface area contributed by atoms with Crippen LogP contribution in [-0.2, 0) is 22.4 Å². The summed E-state index contributed by atoms with van der Waals surface area (Å²) in [7, 11) is 2.22. The highest BCUT2D eigenvalue weighted by Gasteiger charge is 2.25. The Morgan fingerprint density at radius 1 is 1.26 bits per heavy atom. The van der Waals surface area contributed by atoms with E-state index < -0.39 is 11.9 Å². The van der Waals surface area contributed by atoms with Crippen molar-refractivity contribution in [2.24, 2.45) is 5.92 Å². The number of rotatable bonds is 4. The predicted molar refractivity (Wildman–Crippen MR) is 104 cm³/mol. The zero-order chi connectivity index (χ0) is 19.4. The highest BCUT2D eigenvalue weighted by atomic mass is 32.1. The van der Waals surface area contributed by atoms with Gasteiger partial charge in [0.05, 0.1) is 10.7 Å². The number of hydrogen-bond donors (Lipinski definition) is 2. The van der Waals surface area contributed by atoms with Crippen LogP contribution in [0.3, 0.4) is 0 Å². The maximum Gasteiger partial charge on any atom is 0.328 e. The molecule has 0 amide bonds. The second kappa shape index (κ2) is 8.45. The fourth-order valence-electron chi connectivity index (χ4n) is 3.48. The molecule has 1 saturated heterocycles. The predicted octanol–water partition coefficient (Wildman–Crippen LogP) is 2.92. The maximum absolute atomic E-state index is 9.55. The van der Waals surface area contributed by atoms with Gasteiger partial charge in [-0.1, -0.05) is 24.3 Å². The van der Waals surface area contributed by atoms with E-state index in [-0.39, 0.29) is 0 Å². The van der Waals surface area contributed by atoms with E-state index >= 15 is 0 Å². The Hall–Kier alpha value is -2.51. The zero-order valence-corrected chi connectivity index (χ0v) is 15.9. The second-order valence-electron chi connectivity index (χ2n) is 6.84. The molecule has 7 heteroatoms. The van der Waals surface area contributed by atoms with Gasteiger partial charge in [0.25, 0.3) is 0 Å². The van der Waals surface area contributed by atoms with E-state index in [1.165, 1.54) is 52.6 Å². The molecule has 2 N–H and O–H groups in total. The van der Waals surface area contributed by atoms with Crippen molar-refractivity contribution < 1.29 is 19.8 Å². The monoisotopic (exact) mass is 386 g/mol. The van der Waals surface area contributed by atoms with Gasteiger partial charge in [-0.05, 0) is 31.5 Å². The van der Waals surface area contributed by atoms with Gasteiger partial charge in [0, 0.05) is 42.0 Å². The van der Waals surface area contributed by atoms with Crippen molar-refractivity contribution >= 4 is 23.3 Å². The van der Waals surface area contributed by atoms with Gasteiger partial charge in [-0.15, -0.1) is 11.3 Å². The quantitative estimate of drug-likeness (QED) is 0.670. The van der Waals surface area contributed by atoms with E-state index in [4.69, 9.17) is 15.2 Å². The van der Waals surface area contributed by atoms with Gasteiger partial charge in [0.15, 0.2) is 0 Å². The Bertz CT molecular complexity index is 859. The molecule has 27 heavy (non-hydrogen) atoms. The minimum Gasteiger partial charge on any atom is -0.478 e. The van der Waals surface area contributed by atoms with E-state index in [1.807, 2.05) is 11.3 Å². The summed E-state index contributed by atoms with van der Waals surface area (Å²) in [6.07, 6.45) is 4.71.